The summed E-state index contributed by atoms with van der Waals surface area (Å²) in [6, 6.07) is 0. The molecule has 0 aliphatic carbocycles. The van der Waals surface area contributed by atoms with Crippen LogP contribution in [0.25, 0.3) is 0 Å². The first-order valence-electron chi connectivity index (χ1n) is 5.57. The van der Waals surface area contributed by atoms with Crippen molar-refractivity contribution in [2.75, 3.05) is 12.3 Å². The molecule has 1 aromatic rings. The van der Waals surface area contributed by atoms with E-state index in [4.69, 9.17) is 5.73 Å². The third kappa shape index (κ3) is 5.01. The van der Waals surface area contributed by atoms with Gasteiger partial charge in [0, 0.05) is 24.7 Å². The van der Waals surface area contributed by atoms with Crippen molar-refractivity contribution in [1.82, 2.24) is 9.78 Å². The van der Waals surface area contributed by atoms with Crippen molar-refractivity contribution >= 4 is 11.8 Å². The lowest BCUT2D eigenvalue weighted by Gasteiger charge is -2.20. The predicted octanol–water partition coefficient (Wildman–Crippen LogP) is 1.39. The molecule has 1 atom stereocenters. The summed E-state index contributed by atoms with van der Waals surface area (Å²) in [7, 11) is 1.92. The van der Waals surface area contributed by atoms with Gasteiger partial charge in [-0.15, -0.1) is 11.8 Å². The number of hydrogen-bond donors (Lipinski definition) is 2. The van der Waals surface area contributed by atoms with E-state index in [1.165, 1.54) is 4.90 Å². The second-order valence-electron chi connectivity index (χ2n) is 4.36. The average molecular weight is 243 g/mol. The summed E-state index contributed by atoms with van der Waals surface area (Å²) >= 11 is 1.80. The topological polar surface area (TPSA) is 64.1 Å². The summed E-state index contributed by atoms with van der Waals surface area (Å²) in [5.41, 5.74) is 4.75. The van der Waals surface area contributed by atoms with Gasteiger partial charge in [-0.3, -0.25) is 4.68 Å². The number of rotatable bonds is 7. The van der Waals surface area contributed by atoms with E-state index in [2.05, 4.69) is 5.10 Å². The van der Waals surface area contributed by atoms with Crippen LogP contribution in [0.1, 0.15) is 26.2 Å². The minimum Gasteiger partial charge on any atom is -0.389 e. The zero-order valence-electron chi connectivity index (χ0n) is 10.0. The van der Waals surface area contributed by atoms with Crippen molar-refractivity contribution in [3.05, 3.63) is 12.4 Å². The van der Waals surface area contributed by atoms with Crippen LogP contribution >= 0.6 is 11.8 Å². The Hall–Kier alpha value is -0.520. The minimum atomic E-state index is -0.695. The number of aryl methyl sites for hydroxylation is 1. The molecule has 1 heterocycles. The number of nitrogens with zero attached hydrogens (tertiary/aromatic N) is 2. The second kappa shape index (κ2) is 6.27. The Morgan fingerprint density at radius 1 is 1.56 bits per heavy atom. The van der Waals surface area contributed by atoms with Crippen LogP contribution in [0.4, 0.5) is 0 Å². The number of nitrogens with two attached hydrogens (primary N) is 1. The fraction of sp³-hybridized carbons (Fsp3) is 0.727. The van der Waals surface area contributed by atoms with E-state index < -0.39 is 5.60 Å². The van der Waals surface area contributed by atoms with Crippen LogP contribution in [-0.2, 0) is 7.05 Å². The smallest absolute Gasteiger partial charge is 0.0741 e. The zero-order valence-corrected chi connectivity index (χ0v) is 10.8. The molecule has 16 heavy (non-hydrogen) atoms. The lowest BCUT2D eigenvalue weighted by molar-refractivity contribution is 0.0577. The molecule has 0 saturated carbocycles. The van der Waals surface area contributed by atoms with E-state index >= 15 is 0 Å². The lowest BCUT2D eigenvalue weighted by atomic mass is 10.00. The van der Waals surface area contributed by atoms with Gasteiger partial charge in [-0.25, -0.2) is 0 Å². The first-order valence-corrected chi connectivity index (χ1v) is 6.56. The number of unbranched alkanes of at least 4 members (excludes halogenated alkanes) is 1. The molecule has 92 valence electrons. The standard InChI is InChI=1S/C11H21N3OS/c1-11(15,9-12)5-3-4-6-16-10-7-13-14(2)8-10/h7-8,15H,3-6,9,12H2,1-2H3. The maximum atomic E-state index is 9.70. The van der Waals surface area contributed by atoms with E-state index in [9.17, 15) is 5.11 Å². The monoisotopic (exact) mass is 243 g/mol. The SMILES string of the molecule is Cn1cc(SCCCCC(C)(O)CN)cn1. The summed E-state index contributed by atoms with van der Waals surface area (Å²) in [5, 5.41) is 13.8. The van der Waals surface area contributed by atoms with Crippen molar-refractivity contribution in [3.63, 3.8) is 0 Å². The zero-order chi connectivity index (χ0) is 12.0. The van der Waals surface area contributed by atoms with Crippen LogP contribution in [-0.4, -0.2) is 32.8 Å². The molecular formula is C11H21N3OS. The Bertz CT molecular complexity index is 312. The van der Waals surface area contributed by atoms with Crippen LogP contribution in [0.2, 0.25) is 0 Å². The highest BCUT2D eigenvalue weighted by Gasteiger charge is 2.16. The maximum absolute atomic E-state index is 9.70. The quantitative estimate of drug-likeness (QED) is 0.561. The van der Waals surface area contributed by atoms with Crippen LogP contribution in [0.3, 0.4) is 0 Å². The molecule has 0 saturated heterocycles. The van der Waals surface area contributed by atoms with Gasteiger partial charge >= 0.3 is 0 Å². The number of aromatic nitrogens is 2. The molecule has 3 N–H and O–H groups in total. The third-order valence-corrected chi connectivity index (χ3v) is 3.54. The molecule has 4 nitrogen and oxygen atoms in total. The number of hydrogen-bond acceptors (Lipinski definition) is 4. The molecule has 0 bridgehead atoms. The second-order valence-corrected chi connectivity index (χ2v) is 5.52. The van der Waals surface area contributed by atoms with E-state index in [0.717, 1.165) is 25.0 Å². The summed E-state index contributed by atoms with van der Waals surface area (Å²) in [6.07, 6.45) is 6.77. The third-order valence-electron chi connectivity index (χ3n) is 2.50. The van der Waals surface area contributed by atoms with Gasteiger partial charge in [0.05, 0.1) is 11.8 Å². The van der Waals surface area contributed by atoms with Crippen LogP contribution in [0.5, 0.6) is 0 Å². The Labute approximate surface area is 101 Å². The van der Waals surface area contributed by atoms with Gasteiger partial charge in [-0.2, -0.15) is 5.10 Å². The first kappa shape index (κ1) is 13.5. The first-order chi connectivity index (χ1) is 7.53. The van der Waals surface area contributed by atoms with Gasteiger partial charge < -0.3 is 10.8 Å². The predicted molar refractivity (Wildman–Crippen MR) is 67.5 cm³/mol. The summed E-state index contributed by atoms with van der Waals surface area (Å²) in [5.74, 6) is 1.06. The van der Waals surface area contributed by atoms with E-state index in [1.807, 2.05) is 24.1 Å². The van der Waals surface area contributed by atoms with Gasteiger partial charge in [-0.05, 0) is 31.9 Å². The molecule has 0 amide bonds. The Morgan fingerprint density at radius 2 is 2.31 bits per heavy atom. The number of thioether (sulfide) groups is 1. The highest BCUT2D eigenvalue weighted by atomic mass is 32.2. The molecule has 0 fully saturated rings. The molecule has 0 spiro atoms. The van der Waals surface area contributed by atoms with Crippen molar-refractivity contribution in [1.29, 1.82) is 0 Å². The summed E-state index contributed by atoms with van der Waals surface area (Å²) < 4.78 is 1.81. The Morgan fingerprint density at radius 3 is 2.88 bits per heavy atom. The Kier molecular flexibility index (Phi) is 5.31. The highest BCUT2D eigenvalue weighted by Crippen LogP contribution is 2.19. The maximum Gasteiger partial charge on any atom is 0.0741 e. The average Bonchev–Trinajstić information content (AvgIpc) is 2.64. The van der Waals surface area contributed by atoms with E-state index in [-0.39, 0.29) is 0 Å². The van der Waals surface area contributed by atoms with Gasteiger partial charge in [0.2, 0.25) is 0 Å². The van der Waals surface area contributed by atoms with Crippen molar-refractivity contribution in [2.24, 2.45) is 12.8 Å². The Balaban J connectivity index is 2.08. The fourth-order valence-corrected chi connectivity index (χ4v) is 2.31. The van der Waals surface area contributed by atoms with Crippen molar-refractivity contribution in [2.45, 2.75) is 36.7 Å². The van der Waals surface area contributed by atoms with Gasteiger partial charge in [0.1, 0.15) is 0 Å². The highest BCUT2D eigenvalue weighted by molar-refractivity contribution is 7.99. The van der Waals surface area contributed by atoms with Crippen molar-refractivity contribution < 1.29 is 5.11 Å². The largest absolute Gasteiger partial charge is 0.389 e. The molecule has 1 unspecified atom stereocenters. The molecule has 0 aliphatic heterocycles. The van der Waals surface area contributed by atoms with Crippen LogP contribution in [0.15, 0.2) is 17.3 Å². The lowest BCUT2D eigenvalue weighted by Crippen LogP contribution is -2.33. The number of aliphatic hydroxyl groups is 1. The van der Waals surface area contributed by atoms with Gasteiger partial charge in [-0.1, -0.05) is 0 Å². The molecular weight excluding hydrogens is 222 g/mol. The van der Waals surface area contributed by atoms with Gasteiger partial charge in [0.15, 0.2) is 0 Å². The minimum absolute atomic E-state index is 0.336. The van der Waals surface area contributed by atoms with Gasteiger partial charge in [0.25, 0.3) is 0 Å². The molecule has 5 heteroatoms. The summed E-state index contributed by atoms with van der Waals surface area (Å²) in [4.78, 5) is 1.20. The summed E-state index contributed by atoms with van der Waals surface area (Å²) in [6.45, 7) is 2.13. The van der Waals surface area contributed by atoms with Crippen LogP contribution in [0, 0.1) is 0 Å². The van der Waals surface area contributed by atoms with Crippen molar-refractivity contribution in [3.8, 4) is 0 Å². The normalized spacial score (nSPS) is 15.0. The van der Waals surface area contributed by atoms with E-state index in [0.29, 0.717) is 6.54 Å². The van der Waals surface area contributed by atoms with E-state index in [1.54, 1.807) is 18.7 Å². The fourth-order valence-electron chi connectivity index (χ4n) is 1.37. The molecule has 0 aliphatic rings. The molecule has 1 aromatic heterocycles. The molecule has 0 radical (unpaired) electrons. The molecule has 0 aromatic carbocycles. The van der Waals surface area contributed by atoms with Crippen LogP contribution < -0.4 is 5.73 Å². The molecule has 1 rings (SSSR count).